The van der Waals surface area contributed by atoms with E-state index < -0.39 is 0 Å². The molecule has 1 saturated carbocycles. The standard InChI is InChI=1S/C14H26N2/c1-3-8-13(4-2)16-14-10-7-5-6-9-12(14)11-15/h12-14,16H,3-10H2,1-2H3. The second-order valence-electron chi connectivity index (χ2n) is 5.04. The molecule has 2 heteroatoms. The summed E-state index contributed by atoms with van der Waals surface area (Å²) in [7, 11) is 0. The molecule has 1 aliphatic rings. The van der Waals surface area contributed by atoms with Crippen LogP contribution < -0.4 is 5.32 Å². The van der Waals surface area contributed by atoms with Gasteiger partial charge in [-0.2, -0.15) is 5.26 Å². The van der Waals surface area contributed by atoms with Crippen LogP contribution in [0.2, 0.25) is 0 Å². The zero-order valence-corrected chi connectivity index (χ0v) is 10.8. The molecule has 3 unspecified atom stereocenters. The van der Waals surface area contributed by atoms with Crippen molar-refractivity contribution in [2.75, 3.05) is 0 Å². The molecule has 1 N–H and O–H groups in total. The predicted molar refractivity (Wildman–Crippen MR) is 68.1 cm³/mol. The molecule has 1 rings (SSSR count). The third-order valence-electron chi connectivity index (χ3n) is 3.76. The van der Waals surface area contributed by atoms with Gasteiger partial charge < -0.3 is 5.32 Å². The Hall–Kier alpha value is -0.550. The van der Waals surface area contributed by atoms with Gasteiger partial charge >= 0.3 is 0 Å². The molecule has 0 heterocycles. The molecular weight excluding hydrogens is 196 g/mol. The zero-order chi connectivity index (χ0) is 11.8. The van der Waals surface area contributed by atoms with Crippen LogP contribution in [0.3, 0.4) is 0 Å². The second-order valence-corrected chi connectivity index (χ2v) is 5.04. The van der Waals surface area contributed by atoms with Crippen LogP contribution in [-0.4, -0.2) is 12.1 Å². The minimum atomic E-state index is 0.244. The molecule has 0 saturated heterocycles. The number of hydrogen-bond acceptors (Lipinski definition) is 2. The van der Waals surface area contributed by atoms with E-state index in [2.05, 4.69) is 25.2 Å². The largest absolute Gasteiger partial charge is 0.310 e. The Kier molecular flexibility index (Phi) is 6.49. The molecule has 0 amide bonds. The van der Waals surface area contributed by atoms with Crippen molar-refractivity contribution < 1.29 is 0 Å². The maximum atomic E-state index is 9.21. The van der Waals surface area contributed by atoms with E-state index in [1.807, 2.05) is 0 Å². The van der Waals surface area contributed by atoms with Gasteiger partial charge in [-0.15, -0.1) is 0 Å². The Morgan fingerprint density at radius 1 is 1.25 bits per heavy atom. The van der Waals surface area contributed by atoms with Crippen molar-refractivity contribution in [1.29, 1.82) is 5.26 Å². The monoisotopic (exact) mass is 222 g/mol. The first-order valence-corrected chi connectivity index (χ1v) is 6.97. The smallest absolute Gasteiger partial charge is 0.0672 e. The van der Waals surface area contributed by atoms with Crippen molar-refractivity contribution >= 4 is 0 Å². The fourth-order valence-corrected chi connectivity index (χ4v) is 2.72. The van der Waals surface area contributed by atoms with E-state index in [0.717, 1.165) is 6.42 Å². The van der Waals surface area contributed by atoms with Gasteiger partial charge in [-0.1, -0.05) is 39.5 Å². The van der Waals surface area contributed by atoms with Gasteiger partial charge in [-0.25, -0.2) is 0 Å². The number of nitrogens with one attached hydrogen (secondary N) is 1. The third-order valence-corrected chi connectivity index (χ3v) is 3.76. The van der Waals surface area contributed by atoms with Gasteiger partial charge in [0.25, 0.3) is 0 Å². The third kappa shape index (κ3) is 4.14. The highest BCUT2D eigenvalue weighted by Crippen LogP contribution is 2.24. The molecule has 1 fully saturated rings. The summed E-state index contributed by atoms with van der Waals surface area (Å²) in [6.07, 6.45) is 9.78. The summed E-state index contributed by atoms with van der Waals surface area (Å²) in [4.78, 5) is 0. The molecule has 0 aromatic rings. The van der Waals surface area contributed by atoms with Gasteiger partial charge in [-0.3, -0.25) is 0 Å². The van der Waals surface area contributed by atoms with Gasteiger partial charge in [0, 0.05) is 12.1 Å². The highest BCUT2D eigenvalue weighted by atomic mass is 15.0. The molecular formula is C14H26N2. The lowest BCUT2D eigenvalue weighted by atomic mass is 9.94. The summed E-state index contributed by atoms with van der Waals surface area (Å²) in [5.41, 5.74) is 0. The van der Waals surface area contributed by atoms with Crippen LogP contribution in [0.25, 0.3) is 0 Å². The van der Waals surface area contributed by atoms with Gasteiger partial charge in [-0.05, 0) is 25.7 Å². The van der Waals surface area contributed by atoms with Crippen LogP contribution >= 0.6 is 0 Å². The molecule has 3 atom stereocenters. The highest BCUT2D eigenvalue weighted by molar-refractivity contribution is 4.94. The van der Waals surface area contributed by atoms with Crippen molar-refractivity contribution in [1.82, 2.24) is 5.32 Å². The Labute approximate surface area is 100 Å². The van der Waals surface area contributed by atoms with Gasteiger partial charge in [0.05, 0.1) is 12.0 Å². The lowest BCUT2D eigenvalue weighted by Crippen LogP contribution is -2.41. The van der Waals surface area contributed by atoms with E-state index in [-0.39, 0.29) is 5.92 Å². The summed E-state index contributed by atoms with van der Waals surface area (Å²) in [6, 6.07) is 3.57. The van der Waals surface area contributed by atoms with Crippen molar-refractivity contribution in [2.24, 2.45) is 5.92 Å². The molecule has 0 radical (unpaired) electrons. The maximum Gasteiger partial charge on any atom is 0.0672 e. The molecule has 0 aromatic carbocycles. The first kappa shape index (κ1) is 13.5. The van der Waals surface area contributed by atoms with Crippen molar-refractivity contribution in [2.45, 2.75) is 77.3 Å². The zero-order valence-electron chi connectivity index (χ0n) is 10.8. The van der Waals surface area contributed by atoms with E-state index in [1.54, 1.807) is 0 Å². The summed E-state index contributed by atoms with van der Waals surface area (Å²) in [6.45, 7) is 4.48. The fraction of sp³-hybridized carbons (Fsp3) is 0.929. The normalized spacial score (nSPS) is 28.1. The maximum absolute atomic E-state index is 9.21. The average molecular weight is 222 g/mol. The predicted octanol–water partition coefficient (Wildman–Crippen LogP) is 3.63. The highest BCUT2D eigenvalue weighted by Gasteiger charge is 2.24. The van der Waals surface area contributed by atoms with Gasteiger partial charge in [0.1, 0.15) is 0 Å². The lowest BCUT2D eigenvalue weighted by molar-refractivity contribution is 0.330. The minimum absolute atomic E-state index is 0.244. The first-order chi connectivity index (χ1) is 7.81. The van der Waals surface area contributed by atoms with E-state index in [9.17, 15) is 5.26 Å². The molecule has 16 heavy (non-hydrogen) atoms. The second kappa shape index (κ2) is 7.68. The fourth-order valence-electron chi connectivity index (χ4n) is 2.72. The Bertz CT molecular complexity index is 219. The summed E-state index contributed by atoms with van der Waals surface area (Å²) in [5.74, 6) is 0.244. The summed E-state index contributed by atoms with van der Waals surface area (Å²) in [5, 5.41) is 12.9. The van der Waals surface area contributed by atoms with Gasteiger partial charge in [0.2, 0.25) is 0 Å². The quantitative estimate of drug-likeness (QED) is 0.721. The topological polar surface area (TPSA) is 35.8 Å². The van der Waals surface area contributed by atoms with Crippen molar-refractivity contribution in [3.8, 4) is 6.07 Å². The van der Waals surface area contributed by atoms with E-state index in [1.165, 1.54) is 44.9 Å². The summed E-state index contributed by atoms with van der Waals surface area (Å²) >= 11 is 0. The Balaban J connectivity index is 2.50. The molecule has 0 spiro atoms. The molecule has 0 aliphatic heterocycles. The SMILES string of the molecule is CCCC(CC)NC1CCCCCC1C#N. The lowest BCUT2D eigenvalue weighted by Gasteiger charge is -2.26. The van der Waals surface area contributed by atoms with E-state index >= 15 is 0 Å². The Morgan fingerprint density at radius 3 is 2.62 bits per heavy atom. The van der Waals surface area contributed by atoms with Crippen LogP contribution in [0.5, 0.6) is 0 Å². The molecule has 1 aliphatic carbocycles. The van der Waals surface area contributed by atoms with Crippen LogP contribution in [-0.2, 0) is 0 Å². The van der Waals surface area contributed by atoms with Crippen LogP contribution in [0.4, 0.5) is 0 Å². The van der Waals surface area contributed by atoms with Crippen LogP contribution in [0, 0.1) is 17.2 Å². The minimum Gasteiger partial charge on any atom is -0.310 e. The number of hydrogen-bond donors (Lipinski definition) is 1. The molecule has 0 bridgehead atoms. The number of rotatable bonds is 5. The van der Waals surface area contributed by atoms with Gasteiger partial charge in [0.15, 0.2) is 0 Å². The first-order valence-electron chi connectivity index (χ1n) is 6.97. The summed E-state index contributed by atoms with van der Waals surface area (Å²) < 4.78 is 0. The average Bonchev–Trinajstić information content (AvgIpc) is 2.53. The molecule has 0 aromatic heterocycles. The molecule has 92 valence electrons. The number of nitrogens with zero attached hydrogens (tertiary/aromatic N) is 1. The van der Waals surface area contributed by atoms with Crippen molar-refractivity contribution in [3.63, 3.8) is 0 Å². The van der Waals surface area contributed by atoms with E-state index in [0.29, 0.717) is 12.1 Å². The van der Waals surface area contributed by atoms with Crippen molar-refractivity contribution in [3.05, 3.63) is 0 Å². The van der Waals surface area contributed by atoms with E-state index in [4.69, 9.17) is 0 Å². The molecule has 2 nitrogen and oxygen atoms in total. The number of nitriles is 1. The van der Waals surface area contributed by atoms with Crippen LogP contribution in [0.1, 0.15) is 65.2 Å². The van der Waals surface area contributed by atoms with Crippen LogP contribution in [0.15, 0.2) is 0 Å². The Morgan fingerprint density at radius 2 is 2.00 bits per heavy atom.